The summed E-state index contributed by atoms with van der Waals surface area (Å²) in [5.41, 5.74) is 0.674. The molecule has 1 aromatic carbocycles. The molecule has 11 heteroatoms. The van der Waals surface area contributed by atoms with Crippen molar-refractivity contribution in [3.05, 3.63) is 35.5 Å². The fraction of sp³-hybridized carbons (Fsp3) is 0.333. The number of carbonyl (C=O) groups is 1. The van der Waals surface area contributed by atoms with Crippen LogP contribution in [0.3, 0.4) is 0 Å². The molecule has 0 saturated carbocycles. The Bertz CT molecular complexity index is 862. The topological polar surface area (TPSA) is 85.4 Å². The van der Waals surface area contributed by atoms with Crippen LogP contribution < -0.4 is 4.72 Å². The zero-order valence-corrected chi connectivity index (χ0v) is 15.2. The number of nitrogens with one attached hydrogen (secondary N) is 1. The second-order valence-electron chi connectivity index (χ2n) is 5.16. The maximum Gasteiger partial charge on any atom is 0.390 e. The second kappa shape index (κ2) is 8.14. The van der Waals surface area contributed by atoms with Gasteiger partial charge in [-0.1, -0.05) is 12.1 Å². The highest BCUT2D eigenvalue weighted by Gasteiger charge is 2.27. The predicted octanol–water partition coefficient (Wildman–Crippen LogP) is 2.76. The lowest BCUT2D eigenvalue weighted by molar-refractivity contribution is -0.139. The van der Waals surface area contributed by atoms with Gasteiger partial charge in [-0.15, -0.1) is 11.3 Å². The Kier molecular flexibility index (Phi) is 6.37. The van der Waals surface area contributed by atoms with Crippen LogP contribution in [0.15, 0.2) is 35.4 Å². The zero-order chi connectivity index (χ0) is 19.4. The Morgan fingerprint density at radius 1 is 1.27 bits per heavy atom. The maximum absolute atomic E-state index is 12.1. The van der Waals surface area contributed by atoms with E-state index in [0.717, 1.165) is 4.88 Å². The molecule has 2 aromatic rings. The smallest absolute Gasteiger partial charge is 0.390 e. The molecule has 1 N–H and O–H groups in total. The molecule has 0 fully saturated rings. The monoisotopic (exact) mass is 408 g/mol. The van der Waals surface area contributed by atoms with Gasteiger partial charge in [-0.2, -0.15) is 13.2 Å². The first-order chi connectivity index (χ1) is 12.1. The SMILES string of the molecule is COC(=O)Cc1ncc(-c2ccc(S(=O)(=O)NCCC(F)(F)F)cc2)s1. The molecule has 0 radical (unpaired) electrons. The number of rotatable bonds is 7. The molecule has 0 amide bonds. The summed E-state index contributed by atoms with van der Waals surface area (Å²) < 4.78 is 66.8. The normalized spacial score (nSPS) is 12.2. The van der Waals surface area contributed by atoms with E-state index in [2.05, 4.69) is 9.72 Å². The number of nitrogens with zero attached hydrogens (tertiary/aromatic N) is 1. The highest BCUT2D eigenvalue weighted by molar-refractivity contribution is 7.89. The molecule has 0 unspecified atom stereocenters. The first-order valence-electron chi connectivity index (χ1n) is 7.29. The Morgan fingerprint density at radius 3 is 2.50 bits per heavy atom. The van der Waals surface area contributed by atoms with Crippen molar-refractivity contribution in [1.29, 1.82) is 0 Å². The minimum absolute atomic E-state index is 0.0384. The summed E-state index contributed by atoms with van der Waals surface area (Å²) in [6.45, 7) is -0.723. The lowest BCUT2D eigenvalue weighted by atomic mass is 10.2. The van der Waals surface area contributed by atoms with Gasteiger partial charge in [0.1, 0.15) is 5.01 Å². The maximum atomic E-state index is 12.1. The number of sulfonamides is 1. The summed E-state index contributed by atoms with van der Waals surface area (Å²) in [7, 11) is -2.74. The highest BCUT2D eigenvalue weighted by atomic mass is 32.2. The van der Waals surface area contributed by atoms with Crippen molar-refractivity contribution in [2.45, 2.75) is 23.9 Å². The van der Waals surface area contributed by atoms with Crippen LogP contribution in [0, 0.1) is 0 Å². The first kappa shape index (κ1) is 20.3. The molecule has 1 aromatic heterocycles. The lowest BCUT2D eigenvalue weighted by Gasteiger charge is -2.09. The predicted molar refractivity (Wildman–Crippen MR) is 89.1 cm³/mol. The average Bonchev–Trinajstić information content (AvgIpc) is 3.02. The number of alkyl halides is 3. The molecule has 0 aliphatic carbocycles. The molecular formula is C15H15F3N2O4S2. The van der Waals surface area contributed by atoms with Crippen molar-refractivity contribution >= 4 is 27.3 Å². The number of hydrogen-bond donors (Lipinski definition) is 1. The van der Waals surface area contributed by atoms with Crippen LogP contribution in [0.1, 0.15) is 11.4 Å². The third-order valence-corrected chi connectivity index (χ3v) is 5.75. The van der Waals surface area contributed by atoms with Crippen LogP contribution in [-0.4, -0.2) is 39.2 Å². The van der Waals surface area contributed by atoms with Crippen LogP contribution in [-0.2, 0) is 26.0 Å². The van der Waals surface area contributed by atoms with Crippen LogP contribution in [0.4, 0.5) is 13.2 Å². The summed E-state index contributed by atoms with van der Waals surface area (Å²) in [6, 6.07) is 5.64. The summed E-state index contributed by atoms with van der Waals surface area (Å²) in [5.74, 6) is -0.419. The van der Waals surface area contributed by atoms with E-state index in [4.69, 9.17) is 0 Å². The van der Waals surface area contributed by atoms with Gasteiger partial charge in [0.05, 0.1) is 29.7 Å². The molecule has 0 aliphatic heterocycles. The molecule has 2 rings (SSSR count). The van der Waals surface area contributed by atoms with E-state index in [9.17, 15) is 26.4 Å². The van der Waals surface area contributed by atoms with E-state index >= 15 is 0 Å². The second-order valence-corrected chi connectivity index (χ2v) is 8.04. The Hall–Kier alpha value is -1.98. The molecular weight excluding hydrogens is 393 g/mol. The number of ether oxygens (including phenoxy) is 1. The van der Waals surface area contributed by atoms with Crippen LogP contribution in [0.2, 0.25) is 0 Å². The highest BCUT2D eigenvalue weighted by Crippen LogP contribution is 2.27. The lowest BCUT2D eigenvalue weighted by Crippen LogP contribution is -2.28. The minimum atomic E-state index is -4.43. The summed E-state index contributed by atoms with van der Waals surface area (Å²) in [6.07, 6.45) is -4.08. The fourth-order valence-corrected chi connectivity index (χ4v) is 3.87. The van der Waals surface area contributed by atoms with Gasteiger partial charge in [-0.05, 0) is 17.7 Å². The largest absolute Gasteiger partial charge is 0.469 e. The van der Waals surface area contributed by atoms with Gasteiger partial charge < -0.3 is 4.74 Å². The number of carbonyl (C=O) groups excluding carboxylic acids is 1. The molecule has 0 atom stereocenters. The summed E-state index contributed by atoms with van der Waals surface area (Å²) >= 11 is 1.26. The standard InChI is InChI=1S/C15H15F3N2O4S2/c1-24-14(21)8-13-19-9-12(25-13)10-2-4-11(5-3-10)26(22,23)20-7-6-15(16,17)18/h2-5,9,20H,6-8H2,1H3. The molecule has 0 aliphatic rings. The van der Waals surface area contributed by atoms with Crippen LogP contribution in [0.25, 0.3) is 10.4 Å². The molecule has 0 bridgehead atoms. The van der Waals surface area contributed by atoms with E-state index in [1.54, 1.807) is 6.20 Å². The fourth-order valence-electron chi connectivity index (χ4n) is 1.93. The number of hydrogen-bond acceptors (Lipinski definition) is 6. The van der Waals surface area contributed by atoms with Crippen LogP contribution in [0.5, 0.6) is 0 Å². The third kappa shape index (κ3) is 5.78. The molecule has 6 nitrogen and oxygen atoms in total. The number of benzene rings is 1. The van der Waals surface area contributed by atoms with Crippen molar-refractivity contribution in [2.24, 2.45) is 0 Å². The molecule has 0 spiro atoms. The van der Waals surface area contributed by atoms with Gasteiger partial charge in [-0.3, -0.25) is 4.79 Å². The van der Waals surface area contributed by atoms with E-state index in [1.807, 2.05) is 4.72 Å². The van der Waals surface area contributed by atoms with Crippen molar-refractivity contribution in [3.8, 4) is 10.4 Å². The van der Waals surface area contributed by atoms with Gasteiger partial charge in [0.15, 0.2) is 0 Å². The zero-order valence-electron chi connectivity index (χ0n) is 13.5. The summed E-state index contributed by atoms with van der Waals surface area (Å²) in [4.78, 5) is 15.9. The molecule has 0 saturated heterocycles. The molecule has 26 heavy (non-hydrogen) atoms. The number of methoxy groups -OCH3 is 1. The van der Waals surface area contributed by atoms with Crippen LogP contribution >= 0.6 is 11.3 Å². The first-order valence-corrected chi connectivity index (χ1v) is 9.59. The van der Waals surface area contributed by atoms with Gasteiger partial charge in [0, 0.05) is 12.7 Å². The number of thiazole rings is 1. The van der Waals surface area contributed by atoms with E-state index in [-0.39, 0.29) is 11.3 Å². The van der Waals surface area contributed by atoms with E-state index < -0.39 is 35.1 Å². The van der Waals surface area contributed by atoms with Gasteiger partial charge in [0.25, 0.3) is 0 Å². The molecule has 1 heterocycles. The summed E-state index contributed by atoms with van der Waals surface area (Å²) in [5, 5.41) is 0.553. The minimum Gasteiger partial charge on any atom is -0.469 e. The van der Waals surface area contributed by atoms with E-state index in [0.29, 0.717) is 10.6 Å². The quantitative estimate of drug-likeness (QED) is 0.712. The van der Waals surface area contributed by atoms with Crippen molar-refractivity contribution in [1.82, 2.24) is 9.71 Å². The van der Waals surface area contributed by atoms with Gasteiger partial charge in [-0.25, -0.2) is 18.1 Å². The van der Waals surface area contributed by atoms with Crippen molar-refractivity contribution < 1.29 is 31.1 Å². The number of aromatic nitrogens is 1. The van der Waals surface area contributed by atoms with Gasteiger partial charge >= 0.3 is 12.1 Å². The third-order valence-electron chi connectivity index (χ3n) is 3.23. The van der Waals surface area contributed by atoms with Crippen molar-refractivity contribution in [3.63, 3.8) is 0 Å². The van der Waals surface area contributed by atoms with Gasteiger partial charge in [0.2, 0.25) is 10.0 Å². The average molecular weight is 408 g/mol. The number of halogens is 3. The Labute approximate surface area is 152 Å². The number of esters is 1. The van der Waals surface area contributed by atoms with Crippen molar-refractivity contribution in [2.75, 3.05) is 13.7 Å². The Morgan fingerprint density at radius 2 is 1.92 bits per heavy atom. The Balaban J connectivity index is 2.07. The van der Waals surface area contributed by atoms with E-state index in [1.165, 1.54) is 42.7 Å². The molecule has 142 valence electrons.